The third kappa shape index (κ3) is 8.68. The van der Waals surface area contributed by atoms with Crippen LogP contribution in [0.2, 0.25) is 0 Å². The van der Waals surface area contributed by atoms with Crippen LogP contribution >= 0.6 is 0 Å². The van der Waals surface area contributed by atoms with E-state index in [1.807, 2.05) is 34.6 Å². The molecule has 0 fully saturated rings. The van der Waals surface area contributed by atoms with Gasteiger partial charge in [-0.3, -0.25) is 14.4 Å². The van der Waals surface area contributed by atoms with E-state index < -0.39 is 17.4 Å². The van der Waals surface area contributed by atoms with Crippen LogP contribution in [0.4, 0.5) is 0 Å². The Hall–Kier alpha value is -1.10. The first kappa shape index (κ1) is 15.9. The van der Waals surface area contributed by atoms with Crippen molar-refractivity contribution in [2.45, 2.75) is 53.1 Å². The maximum atomic E-state index is 11.5. The molecule has 0 spiro atoms. The molecule has 3 N–H and O–H groups in total. The van der Waals surface area contributed by atoms with Crippen LogP contribution in [-0.4, -0.2) is 17.4 Å². The quantitative estimate of drug-likeness (QED) is 0.692. The van der Waals surface area contributed by atoms with Gasteiger partial charge in [-0.1, -0.05) is 13.8 Å². The minimum atomic E-state index is -0.448. The lowest BCUT2D eigenvalue weighted by Crippen LogP contribution is -2.36. The predicted molar refractivity (Wildman–Crippen MR) is 65.7 cm³/mol. The van der Waals surface area contributed by atoms with E-state index in [1.54, 1.807) is 0 Å². The topological polar surface area (TPSA) is 81.4 Å². The number of hydrogen-bond donors (Lipinski definition) is 2. The molecule has 0 saturated heterocycles. The third-order valence-electron chi connectivity index (χ3n) is 2.06. The molecule has 0 aromatic heterocycles. The molecule has 0 aliphatic rings. The van der Waals surface area contributed by atoms with E-state index in [-0.39, 0.29) is 12.3 Å². The van der Waals surface area contributed by atoms with Crippen molar-refractivity contribution in [2.75, 3.05) is 0 Å². The highest BCUT2D eigenvalue weighted by Crippen LogP contribution is 2.15. The zero-order chi connectivity index (χ0) is 13.6. The van der Waals surface area contributed by atoms with E-state index in [0.29, 0.717) is 12.3 Å². The minimum absolute atomic E-state index is 0.0730. The van der Waals surface area contributed by atoms with Crippen LogP contribution in [0.1, 0.15) is 47.5 Å². The van der Waals surface area contributed by atoms with Crippen LogP contribution in [0, 0.1) is 11.8 Å². The van der Waals surface area contributed by atoms with Gasteiger partial charge in [0.15, 0.2) is 0 Å². The Morgan fingerprint density at radius 2 is 1.82 bits per heavy atom. The zero-order valence-electron chi connectivity index (χ0n) is 11.4. The van der Waals surface area contributed by atoms with Crippen LogP contribution in [0.25, 0.3) is 0 Å². The monoisotopic (exact) mass is 244 g/mol. The summed E-state index contributed by atoms with van der Waals surface area (Å²) in [6.07, 6.45) is 0.682. The molecular weight excluding hydrogens is 220 g/mol. The number of hydrogen-bond acceptors (Lipinski definition) is 3. The molecule has 1 atom stereocenters. The number of nitrogens with two attached hydrogens (primary N) is 1. The van der Waals surface area contributed by atoms with Gasteiger partial charge in [0.1, 0.15) is 0 Å². The second-order valence-corrected chi connectivity index (χ2v) is 5.67. The maximum Gasteiger partial charge on any atom is 0.244 e. The second kappa shape index (κ2) is 6.59. The maximum absolute atomic E-state index is 11.5. The molecule has 5 nitrogen and oxygen atoms in total. The molecule has 2 amide bonds. The number of carbonyl (C=O) groups excluding carboxylic acids is 2. The van der Waals surface area contributed by atoms with Crippen LogP contribution < -0.4 is 11.2 Å². The molecule has 0 rings (SSSR count). The Morgan fingerprint density at radius 3 is 2.18 bits per heavy atom. The van der Waals surface area contributed by atoms with Gasteiger partial charge in [0.05, 0.1) is 5.60 Å². The molecule has 0 aliphatic heterocycles. The van der Waals surface area contributed by atoms with E-state index in [2.05, 4.69) is 5.48 Å². The summed E-state index contributed by atoms with van der Waals surface area (Å²) < 4.78 is 0. The number of nitrogens with one attached hydrogen (secondary N) is 1. The van der Waals surface area contributed by atoms with Crippen molar-refractivity contribution >= 4 is 11.8 Å². The van der Waals surface area contributed by atoms with E-state index in [0.717, 1.165) is 0 Å². The van der Waals surface area contributed by atoms with Gasteiger partial charge in [-0.2, -0.15) is 0 Å². The molecule has 0 aromatic rings. The lowest BCUT2D eigenvalue weighted by Gasteiger charge is -2.20. The van der Waals surface area contributed by atoms with E-state index >= 15 is 0 Å². The van der Waals surface area contributed by atoms with Crippen LogP contribution in [0.5, 0.6) is 0 Å². The highest BCUT2D eigenvalue weighted by molar-refractivity contribution is 5.84. The number of carbonyl (C=O) groups is 2. The molecule has 0 radical (unpaired) electrons. The molecular formula is C12H24N2O3. The van der Waals surface area contributed by atoms with Gasteiger partial charge in [-0.05, 0) is 33.1 Å². The van der Waals surface area contributed by atoms with Crippen molar-refractivity contribution in [3.05, 3.63) is 0 Å². The predicted octanol–water partition coefficient (Wildman–Crippen LogP) is 1.37. The van der Waals surface area contributed by atoms with Gasteiger partial charge in [-0.15, -0.1) is 0 Å². The van der Waals surface area contributed by atoms with Crippen LogP contribution in [0.3, 0.4) is 0 Å². The molecule has 0 saturated carbocycles. The third-order valence-corrected chi connectivity index (χ3v) is 2.06. The first-order valence-corrected chi connectivity index (χ1v) is 5.88. The fourth-order valence-corrected chi connectivity index (χ4v) is 1.34. The summed E-state index contributed by atoms with van der Waals surface area (Å²) in [5, 5.41) is 0. The zero-order valence-corrected chi connectivity index (χ0v) is 11.4. The average molecular weight is 244 g/mol. The Morgan fingerprint density at radius 1 is 1.29 bits per heavy atom. The number of hydroxylamine groups is 1. The van der Waals surface area contributed by atoms with Gasteiger partial charge in [0, 0.05) is 12.3 Å². The van der Waals surface area contributed by atoms with Crippen LogP contribution in [-0.2, 0) is 14.4 Å². The van der Waals surface area contributed by atoms with Crippen molar-refractivity contribution in [2.24, 2.45) is 17.6 Å². The van der Waals surface area contributed by atoms with E-state index in [1.165, 1.54) is 0 Å². The van der Waals surface area contributed by atoms with Crippen molar-refractivity contribution in [3.63, 3.8) is 0 Å². The summed E-state index contributed by atoms with van der Waals surface area (Å²) in [7, 11) is 0. The molecule has 17 heavy (non-hydrogen) atoms. The van der Waals surface area contributed by atoms with Gasteiger partial charge in [0.25, 0.3) is 0 Å². The highest BCUT2D eigenvalue weighted by atomic mass is 16.7. The van der Waals surface area contributed by atoms with Gasteiger partial charge in [-0.25, -0.2) is 5.48 Å². The summed E-state index contributed by atoms with van der Waals surface area (Å²) in [6, 6.07) is 0. The Kier molecular flexibility index (Phi) is 6.16. The fourth-order valence-electron chi connectivity index (χ4n) is 1.34. The van der Waals surface area contributed by atoms with Gasteiger partial charge >= 0.3 is 0 Å². The summed E-state index contributed by atoms with van der Waals surface area (Å²) in [5.41, 5.74) is 7.14. The highest BCUT2D eigenvalue weighted by Gasteiger charge is 2.21. The molecule has 100 valence electrons. The lowest BCUT2D eigenvalue weighted by atomic mass is 9.93. The smallest absolute Gasteiger partial charge is 0.244 e. The molecule has 5 heteroatoms. The summed E-state index contributed by atoms with van der Waals surface area (Å²) in [4.78, 5) is 27.8. The Bertz CT molecular complexity index is 269. The fraction of sp³-hybridized carbons (Fsp3) is 0.833. The van der Waals surface area contributed by atoms with Gasteiger partial charge in [0.2, 0.25) is 11.8 Å². The largest absolute Gasteiger partial charge is 0.369 e. The number of rotatable bonds is 6. The Balaban J connectivity index is 4.18. The lowest BCUT2D eigenvalue weighted by molar-refractivity contribution is -0.148. The first-order valence-electron chi connectivity index (χ1n) is 5.88. The Labute approximate surface area is 103 Å². The van der Waals surface area contributed by atoms with Crippen molar-refractivity contribution in [3.8, 4) is 0 Å². The normalized spacial score (nSPS) is 13.5. The number of amides is 2. The number of primary amides is 1. The van der Waals surface area contributed by atoms with Crippen molar-refractivity contribution < 1.29 is 14.4 Å². The first-order chi connectivity index (χ1) is 7.61. The van der Waals surface area contributed by atoms with Crippen molar-refractivity contribution in [1.29, 1.82) is 0 Å². The van der Waals surface area contributed by atoms with E-state index in [9.17, 15) is 9.59 Å². The van der Waals surface area contributed by atoms with Gasteiger partial charge < -0.3 is 5.73 Å². The molecule has 0 aromatic carbocycles. The molecule has 0 unspecified atom stereocenters. The second-order valence-electron chi connectivity index (χ2n) is 5.67. The van der Waals surface area contributed by atoms with Crippen LogP contribution in [0.15, 0.2) is 0 Å². The summed E-state index contributed by atoms with van der Waals surface area (Å²) >= 11 is 0. The molecule has 0 bridgehead atoms. The SMILES string of the molecule is CC(C)C[C@H](CC(=O)NOC(C)(C)C)C(N)=O. The molecule has 0 aliphatic carbocycles. The summed E-state index contributed by atoms with van der Waals surface area (Å²) in [5.74, 6) is -0.864. The molecule has 0 heterocycles. The van der Waals surface area contributed by atoms with E-state index in [4.69, 9.17) is 10.6 Å². The van der Waals surface area contributed by atoms with Crippen molar-refractivity contribution in [1.82, 2.24) is 5.48 Å². The minimum Gasteiger partial charge on any atom is -0.369 e. The standard InChI is InChI=1S/C12H24N2O3/c1-8(2)6-9(11(13)16)7-10(15)14-17-12(3,4)5/h8-9H,6-7H2,1-5H3,(H2,13,16)(H,14,15)/t9-/m1/s1. The average Bonchev–Trinajstić information content (AvgIpc) is 2.11. The summed E-state index contributed by atoms with van der Waals surface area (Å²) in [6.45, 7) is 9.45.